The van der Waals surface area contributed by atoms with Crippen molar-refractivity contribution >= 4 is 29.9 Å². The lowest BCUT2D eigenvalue weighted by Gasteiger charge is -2.22. The lowest BCUT2D eigenvalue weighted by atomic mass is 9.96. The highest BCUT2D eigenvalue weighted by atomic mass is 127. The molecule has 0 aromatic heterocycles. The lowest BCUT2D eigenvalue weighted by molar-refractivity contribution is -0.137. The Morgan fingerprint density at radius 3 is 2.79 bits per heavy atom. The van der Waals surface area contributed by atoms with Crippen LogP contribution < -0.4 is 5.32 Å². The molecule has 0 saturated carbocycles. The van der Waals surface area contributed by atoms with Crippen LogP contribution in [-0.4, -0.2) is 50.8 Å². The van der Waals surface area contributed by atoms with Gasteiger partial charge < -0.3 is 15.0 Å². The third kappa shape index (κ3) is 7.42. The number of alkyl halides is 3. The molecule has 1 aliphatic rings. The van der Waals surface area contributed by atoms with E-state index in [2.05, 4.69) is 10.2 Å². The van der Waals surface area contributed by atoms with E-state index >= 15 is 0 Å². The van der Waals surface area contributed by atoms with Crippen LogP contribution in [0.4, 0.5) is 13.2 Å². The summed E-state index contributed by atoms with van der Waals surface area (Å²) in [5.41, 5.74) is 0.108. The molecule has 1 aromatic rings. The molecule has 0 amide bonds. The normalized spacial score (nSPS) is 18.7. The Morgan fingerprint density at radius 2 is 2.14 bits per heavy atom. The first-order chi connectivity index (χ1) is 12.8. The number of nitrogens with zero attached hydrogens (tertiary/aromatic N) is 2. The Balaban J connectivity index is 0.00000392. The third-order valence-corrected chi connectivity index (χ3v) is 4.93. The van der Waals surface area contributed by atoms with Crippen molar-refractivity contribution in [3.63, 3.8) is 0 Å². The van der Waals surface area contributed by atoms with Gasteiger partial charge in [-0.15, -0.1) is 24.0 Å². The average Bonchev–Trinajstić information content (AvgIpc) is 3.09. The number of benzene rings is 1. The van der Waals surface area contributed by atoms with Gasteiger partial charge in [0, 0.05) is 39.2 Å². The van der Waals surface area contributed by atoms with Crippen LogP contribution >= 0.6 is 24.0 Å². The standard InChI is InChI=1S/C20H30F3N3O.HI/c1-4-24-19(26-11-9-16(13-26)14-27-3)25-10-8-15(2)17-6-5-7-18(12-17)20(21,22)23;/h5-7,12,15-16H,4,8-11,13-14H2,1-3H3,(H,24,25);1H. The van der Waals surface area contributed by atoms with Crippen LogP contribution in [0.3, 0.4) is 0 Å². The summed E-state index contributed by atoms with van der Waals surface area (Å²) in [7, 11) is 1.72. The maximum atomic E-state index is 12.9. The number of halogens is 4. The first-order valence-electron chi connectivity index (χ1n) is 9.54. The summed E-state index contributed by atoms with van der Waals surface area (Å²) in [6, 6.07) is 5.59. The van der Waals surface area contributed by atoms with Gasteiger partial charge in [0.25, 0.3) is 0 Å². The van der Waals surface area contributed by atoms with E-state index in [0.29, 0.717) is 24.4 Å². The number of aliphatic imine (C=N–C) groups is 1. The molecule has 1 fully saturated rings. The molecular formula is C20H31F3IN3O. The monoisotopic (exact) mass is 513 g/mol. The van der Waals surface area contributed by atoms with Crippen molar-refractivity contribution in [2.75, 3.05) is 39.9 Å². The second kappa shape index (κ2) is 11.8. The highest BCUT2D eigenvalue weighted by Gasteiger charge is 2.30. The van der Waals surface area contributed by atoms with Crippen molar-refractivity contribution in [3.05, 3.63) is 35.4 Å². The number of methoxy groups -OCH3 is 1. The van der Waals surface area contributed by atoms with Crippen LogP contribution in [0.15, 0.2) is 29.3 Å². The summed E-state index contributed by atoms with van der Waals surface area (Å²) in [6.45, 7) is 7.96. The fourth-order valence-electron chi connectivity index (χ4n) is 3.37. The van der Waals surface area contributed by atoms with Gasteiger partial charge in [-0.05, 0) is 37.3 Å². The summed E-state index contributed by atoms with van der Waals surface area (Å²) in [5, 5.41) is 3.32. The van der Waals surface area contributed by atoms with Gasteiger partial charge in [-0.2, -0.15) is 13.2 Å². The second-order valence-electron chi connectivity index (χ2n) is 7.10. The molecule has 1 saturated heterocycles. The van der Waals surface area contributed by atoms with E-state index < -0.39 is 11.7 Å². The Hall–Kier alpha value is -1.03. The van der Waals surface area contributed by atoms with E-state index in [1.165, 1.54) is 12.1 Å². The maximum Gasteiger partial charge on any atom is 0.416 e. The molecule has 2 atom stereocenters. The van der Waals surface area contributed by atoms with Crippen molar-refractivity contribution < 1.29 is 17.9 Å². The molecule has 1 N–H and O–H groups in total. The van der Waals surface area contributed by atoms with Crippen LogP contribution in [0, 0.1) is 5.92 Å². The predicted molar refractivity (Wildman–Crippen MR) is 117 cm³/mol. The zero-order chi connectivity index (χ0) is 19.9. The van der Waals surface area contributed by atoms with E-state index in [-0.39, 0.29) is 29.9 Å². The number of guanidine groups is 1. The molecule has 2 unspecified atom stereocenters. The van der Waals surface area contributed by atoms with Crippen LogP contribution in [0.2, 0.25) is 0 Å². The topological polar surface area (TPSA) is 36.9 Å². The number of hydrogen-bond acceptors (Lipinski definition) is 2. The van der Waals surface area contributed by atoms with Crippen LogP contribution in [0.25, 0.3) is 0 Å². The number of ether oxygens (including phenoxy) is 1. The van der Waals surface area contributed by atoms with E-state index in [4.69, 9.17) is 9.73 Å². The van der Waals surface area contributed by atoms with Gasteiger partial charge in [0.2, 0.25) is 0 Å². The number of nitrogens with one attached hydrogen (secondary N) is 1. The van der Waals surface area contributed by atoms with Crippen molar-refractivity contribution in [2.24, 2.45) is 10.9 Å². The molecule has 8 heteroatoms. The predicted octanol–water partition coefficient (Wildman–Crippen LogP) is 4.75. The smallest absolute Gasteiger partial charge is 0.384 e. The quantitative estimate of drug-likeness (QED) is 0.325. The van der Waals surface area contributed by atoms with Crippen LogP contribution in [0.1, 0.15) is 43.7 Å². The number of hydrogen-bond donors (Lipinski definition) is 1. The van der Waals surface area contributed by atoms with Gasteiger partial charge in [0.1, 0.15) is 0 Å². The van der Waals surface area contributed by atoms with E-state index in [9.17, 15) is 13.2 Å². The zero-order valence-electron chi connectivity index (χ0n) is 16.8. The summed E-state index contributed by atoms with van der Waals surface area (Å²) >= 11 is 0. The Bertz CT molecular complexity index is 625. The largest absolute Gasteiger partial charge is 0.416 e. The van der Waals surface area contributed by atoms with Gasteiger partial charge in [-0.1, -0.05) is 25.1 Å². The summed E-state index contributed by atoms with van der Waals surface area (Å²) in [6.07, 6.45) is -2.52. The molecule has 4 nitrogen and oxygen atoms in total. The number of likely N-dealkylation sites (tertiary alicyclic amines) is 1. The fourth-order valence-corrected chi connectivity index (χ4v) is 3.37. The Labute approximate surface area is 182 Å². The van der Waals surface area contributed by atoms with Crippen LogP contribution in [0.5, 0.6) is 0 Å². The highest BCUT2D eigenvalue weighted by Crippen LogP contribution is 2.31. The highest BCUT2D eigenvalue weighted by molar-refractivity contribution is 14.0. The molecule has 1 aliphatic heterocycles. The first kappa shape index (κ1) is 25.0. The molecule has 2 rings (SSSR count). The molecule has 0 bridgehead atoms. The van der Waals surface area contributed by atoms with Gasteiger partial charge >= 0.3 is 6.18 Å². The fraction of sp³-hybridized carbons (Fsp3) is 0.650. The van der Waals surface area contributed by atoms with Gasteiger partial charge in [-0.3, -0.25) is 4.99 Å². The molecule has 28 heavy (non-hydrogen) atoms. The van der Waals surface area contributed by atoms with E-state index in [1.54, 1.807) is 13.2 Å². The number of rotatable bonds is 7. The van der Waals surface area contributed by atoms with E-state index in [0.717, 1.165) is 44.7 Å². The van der Waals surface area contributed by atoms with Crippen LogP contribution in [-0.2, 0) is 10.9 Å². The lowest BCUT2D eigenvalue weighted by Crippen LogP contribution is -2.40. The SMILES string of the molecule is CCNC(=NCCC(C)c1cccc(C(F)(F)F)c1)N1CCC(COC)C1.I. The first-order valence-corrected chi connectivity index (χ1v) is 9.54. The average molecular weight is 513 g/mol. The van der Waals surface area contributed by atoms with Crippen molar-refractivity contribution in [1.82, 2.24) is 10.2 Å². The van der Waals surface area contributed by atoms with Crippen molar-refractivity contribution in [2.45, 2.75) is 38.8 Å². The molecule has 0 spiro atoms. The van der Waals surface area contributed by atoms with Gasteiger partial charge in [-0.25, -0.2) is 0 Å². The Morgan fingerprint density at radius 1 is 1.39 bits per heavy atom. The summed E-state index contributed by atoms with van der Waals surface area (Å²) in [5.74, 6) is 1.41. The molecule has 0 aliphatic carbocycles. The Kier molecular flexibility index (Phi) is 10.6. The van der Waals surface area contributed by atoms with Gasteiger partial charge in [0.05, 0.1) is 12.2 Å². The minimum absolute atomic E-state index is 0. The second-order valence-corrected chi connectivity index (χ2v) is 7.10. The summed E-state index contributed by atoms with van der Waals surface area (Å²) < 4.78 is 43.9. The zero-order valence-corrected chi connectivity index (χ0v) is 19.1. The molecular weight excluding hydrogens is 482 g/mol. The molecule has 1 aromatic carbocycles. The van der Waals surface area contributed by atoms with Crippen molar-refractivity contribution in [1.29, 1.82) is 0 Å². The maximum absolute atomic E-state index is 12.9. The van der Waals surface area contributed by atoms with Gasteiger partial charge in [0.15, 0.2) is 5.96 Å². The van der Waals surface area contributed by atoms with E-state index in [1.807, 2.05) is 13.8 Å². The molecule has 1 heterocycles. The van der Waals surface area contributed by atoms with Crippen molar-refractivity contribution in [3.8, 4) is 0 Å². The molecule has 160 valence electrons. The summed E-state index contributed by atoms with van der Waals surface area (Å²) in [4.78, 5) is 6.93. The minimum Gasteiger partial charge on any atom is -0.384 e. The third-order valence-electron chi connectivity index (χ3n) is 4.93. The minimum atomic E-state index is -4.30. The molecule has 0 radical (unpaired) electrons.